The van der Waals surface area contributed by atoms with E-state index in [4.69, 9.17) is 5.73 Å². The number of nitrogens with two attached hydrogens (primary N) is 1. The molecule has 1 aromatic carbocycles. The Morgan fingerprint density at radius 2 is 2.25 bits per heavy atom. The summed E-state index contributed by atoms with van der Waals surface area (Å²) in [5.41, 5.74) is 8.77. The van der Waals surface area contributed by atoms with Crippen LogP contribution in [0.4, 0.5) is 5.69 Å². The number of hydrogen-bond acceptors (Lipinski definition) is 4. The van der Waals surface area contributed by atoms with Gasteiger partial charge in [-0.3, -0.25) is 4.68 Å². The third kappa shape index (κ3) is 2.55. The van der Waals surface area contributed by atoms with Crippen LogP contribution >= 0.6 is 11.8 Å². The minimum atomic E-state index is 0.798. The normalized spacial score (nSPS) is 10.6. The lowest BCUT2D eigenvalue weighted by Crippen LogP contribution is -1.88. The van der Waals surface area contributed by atoms with Gasteiger partial charge in [-0.25, -0.2) is 0 Å². The molecule has 5 heteroatoms. The number of thioether (sulfide) groups is 1. The molecule has 0 radical (unpaired) electrons. The van der Waals surface area contributed by atoms with Crippen LogP contribution in [0.5, 0.6) is 0 Å². The molecule has 0 bridgehead atoms. The van der Waals surface area contributed by atoms with Gasteiger partial charge in [0.25, 0.3) is 0 Å². The standard InChI is InChI=1S/C11H14N4S/c1-8-3-4-9(12)5-11(8)16-7-10-6-15(2)14-13-10/h3-6H,7,12H2,1-2H3. The van der Waals surface area contributed by atoms with Crippen LogP contribution in [0.15, 0.2) is 29.3 Å². The second kappa shape index (κ2) is 4.57. The molecule has 0 saturated heterocycles. The molecule has 0 unspecified atom stereocenters. The molecule has 1 heterocycles. The fourth-order valence-corrected chi connectivity index (χ4v) is 2.34. The first kappa shape index (κ1) is 11.0. The predicted molar refractivity (Wildman–Crippen MR) is 66.2 cm³/mol. The van der Waals surface area contributed by atoms with E-state index < -0.39 is 0 Å². The molecular weight excluding hydrogens is 220 g/mol. The average Bonchev–Trinajstić information content (AvgIpc) is 2.66. The molecular formula is C11H14N4S. The zero-order chi connectivity index (χ0) is 11.5. The van der Waals surface area contributed by atoms with Crippen molar-refractivity contribution >= 4 is 17.4 Å². The van der Waals surface area contributed by atoms with Crippen molar-refractivity contribution in [3.63, 3.8) is 0 Å². The van der Waals surface area contributed by atoms with E-state index >= 15 is 0 Å². The van der Waals surface area contributed by atoms with Crippen molar-refractivity contribution in [3.05, 3.63) is 35.7 Å². The molecule has 16 heavy (non-hydrogen) atoms. The number of aryl methyl sites for hydroxylation is 2. The van der Waals surface area contributed by atoms with Crippen LogP contribution in [0.3, 0.4) is 0 Å². The van der Waals surface area contributed by atoms with E-state index in [2.05, 4.69) is 17.2 Å². The van der Waals surface area contributed by atoms with Gasteiger partial charge < -0.3 is 5.73 Å². The second-order valence-corrected chi connectivity index (χ2v) is 4.71. The van der Waals surface area contributed by atoms with Crippen molar-refractivity contribution in [3.8, 4) is 0 Å². The Labute approximate surface area is 98.8 Å². The molecule has 0 spiro atoms. The zero-order valence-corrected chi connectivity index (χ0v) is 10.2. The summed E-state index contributed by atoms with van der Waals surface area (Å²) in [6.07, 6.45) is 1.93. The molecule has 0 fully saturated rings. The van der Waals surface area contributed by atoms with Crippen LogP contribution in [0.1, 0.15) is 11.3 Å². The first-order chi connectivity index (χ1) is 7.65. The maximum absolute atomic E-state index is 5.76. The number of nitrogens with zero attached hydrogens (tertiary/aromatic N) is 3. The van der Waals surface area contributed by atoms with Gasteiger partial charge in [-0.1, -0.05) is 11.3 Å². The summed E-state index contributed by atoms with van der Waals surface area (Å²) in [4.78, 5) is 1.20. The van der Waals surface area contributed by atoms with Crippen LogP contribution < -0.4 is 5.73 Å². The smallest absolute Gasteiger partial charge is 0.0929 e. The highest BCUT2D eigenvalue weighted by atomic mass is 32.2. The number of anilines is 1. The van der Waals surface area contributed by atoms with Crippen molar-refractivity contribution in [1.82, 2.24) is 15.0 Å². The quantitative estimate of drug-likeness (QED) is 0.652. The number of benzene rings is 1. The van der Waals surface area contributed by atoms with Crippen LogP contribution in [0.2, 0.25) is 0 Å². The summed E-state index contributed by atoms with van der Waals surface area (Å²) in [7, 11) is 1.87. The Balaban J connectivity index is 2.07. The van der Waals surface area contributed by atoms with Gasteiger partial charge in [-0.15, -0.1) is 16.9 Å². The SMILES string of the molecule is Cc1ccc(N)cc1SCc1cn(C)nn1. The Morgan fingerprint density at radius 1 is 1.44 bits per heavy atom. The summed E-state index contributed by atoms with van der Waals surface area (Å²) in [5.74, 6) is 0.818. The minimum Gasteiger partial charge on any atom is -0.399 e. The van der Waals surface area contributed by atoms with E-state index in [1.807, 2.05) is 31.4 Å². The van der Waals surface area contributed by atoms with Gasteiger partial charge in [-0.2, -0.15) is 0 Å². The molecule has 0 saturated carbocycles. The van der Waals surface area contributed by atoms with E-state index in [1.165, 1.54) is 10.5 Å². The zero-order valence-electron chi connectivity index (χ0n) is 9.34. The molecule has 2 rings (SSSR count). The Kier molecular flexibility index (Phi) is 3.14. The largest absolute Gasteiger partial charge is 0.399 e. The molecule has 1 aromatic heterocycles. The topological polar surface area (TPSA) is 56.7 Å². The highest BCUT2D eigenvalue weighted by molar-refractivity contribution is 7.98. The van der Waals surface area contributed by atoms with Gasteiger partial charge in [-0.05, 0) is 24.6 Å². The van der Waals surface area contributed by atoms with Crippen molar-refractivity contribution in [1.29, 1.82) is 0 Å². The summed E-state index contributed by atoms with van der Waals surface area (Å²) in [5, 5.41) is 7.94. The van der Waals surface area contributed by atoms with Crippen molar-refractivity contribution in [2.45, 2.75) is 17.6 Å². The number of aromatic nitrogens is 3. The lowest BCUT2D eigenvalue weighted by molar-refractivity contribution is 0.714. The molecule has 2 N–H and O–H groups in total. The Morgan fingerprint density at radius 3 is 2.94 bits per heavy atom. The highest BCUT2D eigenvalue weighted by Gasteiger charge is 2.03. The summed E-state index contributed by atoms with van der Waals surface area (Å²) >= 11 is 1.73. The van der Waals surface area contributed by atoms with Gasteiger partial charge in [0.2, 0.25) is 0 Å². The van der Waals surface area contributed by atoms with E-state index in [9.17, 15) is 0 Å². The third-order valence-corrected chi connectivity index (χ3v) is 3.43. The van der Waals surface area contributed by atoms with Crippen LogP contribution in [-0.4, -0.2) is 15.0 Å². The fourth-order valence-electron chi connectivity index (χ4n) is 1.39. The highest BCUT2D eigenvalue weighted by Crippen LogP contribution is 2.26. The van der Waals surface area contributed by atoms with Crippen molar-refractivity contribution in [2.24, 2.45) is 7.05 Å². The van der Waals surface area contributed by atoms with Gasteiger partial charge >= 0.3 is 0 Å². The molecule has 0 aliphatic carbocycles. The van der Waals surface area contributed by atoms with Gasteiger partial charge in [0.1, 0.15) is 0 Å². The van der Waals surface area contributed by atoms with Gasteiger partial charge in [0, 0.05) is 29.6 Å². The van der Waals surface area contributed by atoms with E-state index in [-0.39, 0.29) is 0 Å². The Bertz CT molecular complexity index is 492. The Hall–Kier alpha value is -1.49. The van der Waals surface area contributed by atoms with Crippen LogP contribution in [0.25, 0.3) is 0 Å². The summed E-state index contributed by atoms with van der Waals surface area (Å²) < 4.78 is 1.71. The predicted octanol–water partition coefficient (Wildman–Crippen LogP) is 2.00. The third-order valence-electron chi connectivity index (χ3n) is 2.24. The maximum Gasteiger partial charge on any atom is 0.0929 e. The van der Waals surface area contributed by atoms with Crippen molar-refractivity contribution < 1.29 is 0 Å². The second-order valence-electron chi connectivity index (χ2n) is 3.70. The molecule has 0 atom stereocenters. The molecule has 2 aromatic rings. The number of nitrogen functional groups attached to an aromatic ring is 1. The molecule has 0 aliphatic rings. The molecule has 0 amide bonds. The summed E-state index contributed by atoms with van der Waals surface area (Å²) in [6, 6.07) is 5.95. The van der Waals surface area contributed by atoms with Gasteiger partial charge in [0.05, 0.1) is 5.69 Å². The minimum absolute atomic E-state index is 0.798. The van der Waals surface area contributed by atoms with E-state index in [1.54, 1.807) is 16.4 Å². The molecule has 4 nitrogen and oxygen atoms in total. The monoisotopic (exact) mass is 234 g/mol. The number of hydrogen-bond donors (Lipinski definition) is 1. The molecule has 0 aliphatic heterocycles. The fraction of sp³-hybridized carbons (Fsp3) is 0.273. The lowest BCUT2D eigenvalue weighted by atomic mass is 10.2. The maximum atomic E-state index is 5.76. The van der Waals surface area contributed by atoms with Gasteiger partial charge in [0.15, 0.2) is 0 Å². The number of rotatable bonds is 3. The first-order valence-electron chi connectivity index (χ1n) is 4.99. The summed E-state index contributed by atoms with van der Waals surface area (Å²) in [6.45, 7) is 2.08. The molecule has 84 valence electrons. The van der Waals surface area contributed by atoms with E-state index in [0.717, 1.165) is 17.1 Å². The van der Waals surface area contributed by atoms with E-state index in [0.29, 0.717) is 0 Å². The van der Waals surface area contributed by atoms with Crippen molar-refractivity contribution in [2.75, 3.05) is 5.73 Å². The first-order valence-corrected chi connectivity index (χ1v) is 5.98. The average molecular weight is 234 g/mol. The van der Waals surface area contributed by atoms with Crippen LogP contribution in [-0.2, 0) is 12.8 Å². The van der Waals surface area contributed by atoms with Crippen LogP contribution in [0, 0.1) is 6.92 Å². The lowest BCUT2D eigenvalue weighted by Gasteiger charge is -2.04.